The molecule has 2 aromatic rings. The van der Waals surface area contributed by atoms with Crippen LogP contribution in [0.2, 0.25) is 0 Å². The number of benzene rings is 2. The summed E-state index contributed by atoms with van der Waals surface area (Å²) in [5, 5.41) is 5.06. The van der Waals surface area contributed by atoms with Crippen LogP contribution in [-0.2, 0) is 11.0 Å². The largest absolute Gasteiger partial charge is 0.416 e. The first-order valence-corrected chi connectivity index (χ1v) is 8.23. The van der Waals surface area contributed by atoms with Crippen LogP contribution in [0.1, 0.15) is 29.8 Å². The minimum absolute atomic E-state index is 0. The number of nitrogens with two attached hydrogens (primary N) is 1. The van der Waals surface area contributed by atoms with Crippen molar-refractivity contribution in [2.24, 2.45) is 11.7 Å². The molecule has 0 saturated carbocycles. The van der Waals surface area contributed by atoms with Gasteiger partial charge in [0.05, 0.1) is 22.7 Å². The van der Waals surface area contributed by atoms with Crippen molar-refractivity contribution < 1.29 is 22.8 Å². The first-order valence-electron chi connectivity index (χ1n) is 8.23. The number of nitrogens with one attached hydrogen (secondary N) is 2. The van der Waals surface area contributed by atoms with Crippen molar-refractivity contribution in [3.63, 3.8) is 0 Å². The minimum Gasteiger partial charge on any atom is -0.327 e. The van der Waals surface area contributed by atoms with Gasteiger partial charge in [-0.25, -0.2) is 0 Å². The van der Waals surface area contributed by atoms with Crippen molar-refractivity contribution in [2.45, 2.75) is 26.1 Å². The zero-order valence-electron chi connectivity index (χ0n) is 15.2. The van der Waals surface area contributed by atoms with E-state index in [1.807, 2.05) is 0 Å². The molecular weight excluding hydrogens is 395 g/mol. The second-order valence-corrected chi connectivity index (χ2v) is 6.22. The number of halogens is 4. The third-order valence-electron chi connectivity index (χ3n) is 4.08. The smallest absolute Gasteiger partial charge is 0.327 e. The predicted molar refractivity (Wildman–Crippen MR) is 105 cm³/mol. The molecule has 0 aliphatic carbocycles. The number of amides is 2. The fraction of sp³-hybridized carbons (Fsp3) is 0.263. The van der Waals surface area contributed by atoms with E-state index >= 15 is 0 Å². The van der Waals surface area contributed by atoms with E-state index in [0.29, 0.717) is 0 Å². The number of carbonyl (C=O) groups excluding carboxylic acids is 2. The van der Waals surface area contributed by atoms with Crippen LogP contribution in [0, 0.1) is 5.92 Å². The Balaban J connectivity index is 0.00000392. The Kier molecular flexibility index (Phi) is 8.01. The fourth-order valence-corrected chi connectivity index (χ4v) is 2.25. The highest BCUT2D eigenvalue weighted by Gasteiger charge is 2.30. The van der Waals surface area contributed by atoms with Crippen LogP contribution in [0.25, 0.3) is 0 Å². The molecule has 2 amide bonds. The lowest BCUT2D eigenvalue weighted by Crippen LogP contribution is -2.34. The first-order chi connectivity index (χ1) is 12.6. The van der Waals surface area contributed by atoms with Crippen molar-refractivity contribution in [2.75, 3.05) is 10.6 Å². The van der Waals surface area contributed by atoms with Crippen LogP contribution in [0.5, 0.6) is 0 Å². The van der Waals surface area contributed by atoms with E-state index in [2.05, 4.69) is 10.6 Å². The van der Waals surface area contributed by atoms with Gasteiger partial charge in [0, 0.05) is 11.7 Å². The molecule has 2 aromatic carbocycles. The van der Waals surface area contributed by atoms with E-state index < -0.39 is 23.6 Å². The lowest BCUT2D eigenvalue weighted by atomic mass is 10.0. The summed E-state index contributed by atoms with van der Waals surface area (Å²) in [5.41, 5.74) is 5.21. The second-order valence-electron chi connectivity index (χ2n) is 6.22. The third kappa shape index (κ3) is 5.97. The standard InChI is InChI=1S/C19H20F3N3O2.ClH/c1-11(12(2)23)17(26)25-16-9-4-3-8-15(16)18(27)24-14-7-5-6-13(10-14)19(20,21)22;/h3-12H,23H2,1-2H3,(H,24,27)(H,25,26);1H. The van der Waals surface area contributed by atoms with E-state index in [9.17, 15) is 22.8 Å². The minimum atomic E-state index is -4.51. The van der Waals surface area contributed by atoms with Gasteiger partial charge in [-0.2, -0.15) is 13.2 Å². The Labute approximate surface area is 166 Å². The molecule has 152 valence electrons. The van der Waals surface area contributed by atoms with Crippen molar-refractivity contribution in [3.05, 3.63) is 59.7 Å². The second kappa shape index (κ2) is 9.57. The summed E-state index contributed by atoms with van der Waals surface area (Å²) in [6.07, 6.45) is -4.51. The Morgan fingerprint density at radius 3 is 2.25 bits per heavy atom. The lowest BCUT2D eigenvalue weighted by Gasteiger charge is -2.17. The molecule has 0 aliphatic rings. The first kappa shape index (κ1) is 23.5. The topological polar surface area (TPSA) is 84.2 Å². The average Bonchev–Trinajstić information content (AvgIpc) is 2.60. The van der Waals surface area contributed by atoms with Crippen LogP contribution in [0.4, 0.5) is 24.5 Å². The number of carbonyl (C=O) groups is 2. The molecule has 4 N–H and O–H groups in total. The molecule has 9 heteroatoms. The summed E-state index contributed by atoms with van der Waals surface area (Å²) in [7, 11) is 0. The summed E-state index contributed by atoms with van der Waals surface area (Å²) in [5.74, 6) is -1.48. The highest BCUT2D eigenvalue weighted by Crippen LogP contribution is 2.31. The van der Waals surface area contributed by atoms with Gasteiger partial charge in [0.2, 0.25) is 5.91 Å². The van der Waals surface area contributed by atoms with Crippen molar-refractivity contribution in [1.29, 1.82) is 0 Å². The molecule has 0 saturated heterocycles. The Morgan fingerprint density at radius 1 is 1.00 bits per heavy atom. The zero-order chi connectivity index (χ0) is 20.2. The summed E-state index contributed by atoms with van der Waals surface area (Å²) in [6.45, 7) is 3.35. The normalized spacial score (nSPS) is 13.1. The maximum absolute atomic E-state index is 12.8. The molecule has 2 unspecified atom stereocenters. The van der Waals surface area contributed by atoms with Crippen LogP contribution < -0.4 is 16.4 Å². The Morgan fingerprint density at radius 2 is 1.64 bits per heavy atom. The number of rotatable bonds is 5. The Hall–Kier alpha value is -2.58. The average molecular weight is 416 g/mol. The van der Waals surface area contributed by atoms with Crippen LogP contribution in [0.15, 0.2) is 48.5 Å². The van der Waals surface area contributed by atoms with Crippen LogP contribution in [0.3, 0.4) is 0 Å². The van der Waals surface area contributed by atoms with E-state index in [4.69, 9.17) is 5.73 Å². The number of alkyl halides is 3. The van der Waals surface area contributed by atoms with Gasteiger partial charge in [0.1, 0.15) is 0 Å². The maximum Gasteiger partial charge on any atom is 0.416 e. The monoisotopic (exact) mass is 415 g/mol. The maximum atomic E-state index is 12.8. The Bertz CT molecular complexity index is 841. The van der Waals surface area contributed by atoms with Gasteiger partial charge in [-0.05, 0) is 37.3 Å². The van der Waals surface area contributed by atoms with Gasteiger partial charge in [-0.1, -0.05) is 25.1 Å². The van der Waals surface area contributed by atoms with Crippen LogP contribution >= 0.6 is 12.4 Å². The summed E-state index contributed by atoms with van der Waals surface area (Å²) < 4.78 is 38.4. The molecule has 0 aromatic heterocycles. The van der Waals surface area contributed by atoms with Crippen molar-refractivity contribution in [1.82, 2.24) is 0 Å². The predicted octanol–water partition coefficient (Wildman–Crippen LogP) is 4.30. The van der Waals surface area contributed by atoms with E-state index in [1.165, 1.54) is 24.3 Å². The molecule has 0 fully saturated rings. The number of hydrogen-bond acceptors (Lipinski definition) is 3. The fourth-order valence-electron chi connectivity index (χ4n) is 2.25. The zero-order valence-corrected chi connectivity index (χ0v) is 16.0. The molecule has 5 nitrogen and oxygen atoms in total. The van der Waals surface area contributed by atoms with Crippen LogP contribution in [-0.4, -0.2) is 17.9 Å². The van der Waals surface area contributed by atoms with Gasteiger partial charge in [-0.15, -0.1) is 12.4 Å². The molecule has 0 heterocycles. The SMILES string of the molecule is CC(N)C(C)C(=O)Nc1ccccc1C(=O)Nc1cccc(C(F)(F)F)c1.Cl. The number of anilines is 2. The van der Waals surface area contributed by atoms with Gasteiger partial charge in [0.15, 0.2) is 0 Å². The lowest BCUT2D eigenvalue weighted by molar-refractivity contribution is -0.137. The summed E-state index contributed by atoms with van der Waals surface area (Å²) in [6, 6.07) is 10.2. The number of hydrogen-bond donors (Lipinski definition) is 3. The molecule has 0 radical (unpaired) electrons. The van der Waals surface area contributed by atoms with E-state index in [1.54, 1.807) is 26.0 Å². The van der Waals surface area contributed by atoms with Crippen molar-refractivity contribution in [3.8, 4) is 0 Å². The molecule has 0 aliphatic heterocycles. The highest BCUT2D eigenvalue weighted by atomic mass is 35.5. The molecule has 2 rings (SSSR count). The quantitative estimate of drug-likeness (QED) is 0.680. The van der Waals surface area contributed by atoms with Gasteiger partial charge in [-0.3, -0.25) is 9.59 Å². The van der Waals surface area contributed by atoms with Gasteiger partial charge < -0.3 is 16.4 Å². The third-order valence-corrected chi connectivity index (χ3v) is 4.08. The molecule has 2 atom stereocenters. The molecule has 28 heavy (non-hydrogen) atoms. The highest BCUT2D eigenvalue weighted by molar-refractivity contribution is 6.10. The van der Waals surface area contributed by atoms with Gasteiger partial charge in [0.25, 0.3) is 5.91 Å². The summed E-state index contributed by atoms with van der Waals surface area (Å²) in [4.78, 5) is 24.7. The summed E-state index contributed by atoms with van der Waals surface area (Å²) >= 11 is 0. The van der Waals surface area contributed by atoms with E-state index in [-0.39, 0.29) is 41.3 Å². The number of para-hydroxylation sites is 1. The molecule has 0 bridgehead atoms. The molecular formula is C19H21ClF3N3O2. The van der Waals surface area contributed by atoms with Crippen molar-refractivity contribution >= 4 is 35.6 Å². The van der Waals surface area contributed by atoms with E-state index in [0.717, 1.165) is 12.1 Å². The van der Waals surface area contributed by atoms with Gasteiger partial charge >= 0.3 is 6.18 Å². The molecule has 0 spiro atoms.